The monoisotopic (exact) mass is 364 g/mol. The molecule has 1 aromatic carbocycles. The van der Waals surface area contributed by atoms with Gasteiger partial charge >= 0.3 is 5.69 Å². The van der Waals surface area contributed by atoms with Crippen LogP contribution in [0.25, 0.3) is 0 Å². The molecule has 7 heteroatoms. The number of amides is 1. The summed E-state index contributed by atoms with van der Waals surface area (Å²) in [4.78, 5) is 24.4. The first-order valence-electron chi connectivity index (χ1n) is 7.35. The van der Waals surface area contributed by atoms with E-state index in [0.29, 0.717) is 12.2 Å². The van der Waals surface area contributed by atoms with Crippen molar-refractivity contribution in [3.05, 3.63) is 45.0 Å². The number of carbonyl (C=O) groups is 1. The minimum atomic E-state index is -0.256. The van der Waals surface area contributed by atoms with Crippen LogP contribution in [0.2, 0.25) is 0 Å². The van der Waals surface area contributed by atoms with Crippen molar-refractivity contribution < 1.29 is 4.79 Å². The second kappa shape index (κ2) is 6.48. The molecule has 1 aliphatic heterocycles. The van der Waals surface area contributed by atoms with E-state index in [1.807, 2.05) is 18.2 Å². The van der Waals surface area contributed by atoms with Gasteiger partial charge in [-0.15, -0.1) is 0 Å². The number of hydrogen-bond donors (Lipinski definition) is 1. The Kier molecular flexibility index (Phi) is 4.42. The molecule has 0 aliphatic carbocycles. The molecule has 3 rings (SSSR count). The number of hydrogen-bond acceptors (Lipinski definition) is 3. The van der Waals surface area contributed by atoms with Crippen LogP contribution in [0.5, 0.6) is 0 Å². The summed E-state index contributed by atoms with van der Waals surface area (Å²) < 4.78 is 3.84. The molecule has 0 atom stereocenters. The van der Waals surface area contributed by atoms with Crippen LogP contribution in [-0.2, 0) is 24.3 Å². The molecule has 116 valence electrons. The maximum absolute atomic E-state index is 12.3. The number of nitrogens with zero attached hydrogens (tertiary/aromatic N) is 3. The summed E-state index contributed by atoms with van der Waals surface area (Å²) in [5.41, 5.74) is 0.495. The number of nitrogens with one attached hydrogen (secondary N) is 1. The van der Waals surface area contributed by atoms with E-state index < -0.39 is 0 Å². The zero-order valence-corrected chi connectivity index (χ0v) is 13.7. The highest BCUT2D eigenvalue weighted by Gasteiger charge is 2.17. The van der Waals surface area contributed by atoms with Gasteiger partial charge in [-0.1, -0.05) is 28.4 Å². The summed E-state index contributed by atoms with van der Waals surface area (Å²) in [5.74, 6) is 0.534. The SMILES string of the molecule is O=C(Cn1nc2n(c1=O)CCCCC2)Nc1cccc(Br)c1. The average Bonchev–Trinajstić information content (AvgIpc) is 2.65. The average molecular weight is 365 g/mol. The van der Waals surface area contributed by atoms with Gasteiger partial charge in [0.05, 0.1) is 0 Å². The fourth-order valence-electron chi connectivity index (χ4n) is 2.63. The third kappa shape index (κ3) is 3.30. The number of rotatable bonds is 3. The van der Waals surface area contributed by atoms with Crippen LogP contribution in [0.4, 0.5) is 5.69 Å². The van der Waals surface area contributed by atoms with Gasteiger partial charge in [0.1, 0.15) is 12.4 Å². The molecule has 0 radical (unpaired) electrons. The van der Waals surface area contributed by atoms with E-state index >= 15 is 0 Å². The lowest BCUT2D eigenvalue weighted by atomic mass is 10.2. The first-order chi connectivity index (χ1) is 10.6. The predicted octanol–water partition coefficient (Wildman–Crippen LogP) is 2.17. The van der Waals surface area contributed by atoms with E-state index in [0.717, 1.165) is 36.0 Å². The highest BCUT2D eigenvalue weighted by atomic mass is 79.9. The van der Waals surface area contributed by atoms with Crippen LogP contribution in [0.15, 0.2) is 33.5 Å². The quantitative estimate of drug-likeness (QED) is 0.907. The Morgan fingerprint density at radius 1 is 1.32 bits per heavy atom. The summed E-state index contributed by atoms with van der Waals surface area (Å²) in [5, 5.41) is 7.08. The van der Waals surface area contributed by atoms with Crippen LogP contribution in [0.3, 0.4) is 0 Å². The molecule has 2 heterocycles. The first-order valence-corrected chi connectivity index (χ1v) is 8.15. The second-order valence-electron chi connectivity index (χ2n) is 5.38. The summed E-state index contributed by atoms with van der Waals surface area (Å²) in [6.07, 6.45) is 3.95. The van der Waals surface area contributed by atoms with Gasteiger partial charge < -0.3 is 5.32 Å². The number of benzene rings is 1. The van der Waals surface area contributed by atoms with E-state index in [9.17, 15) is 9.59 Å². The molecule has 0 bridgehead atoms. The zero-order chi connectivity index (χ0) is 15.5. The molecular weight excluding hydrogens is 348 g/mol. The normalized spacial score (nSPS) is 14.2. The Labute approximate surface area is 136 Å². The number of halogens is 1. The van der Waals surface area contributed by atoms with Crippen molar-refractivity contribution in [1.82, 2.24) is 14.3 Å². The van der Waals surface area contributed by atoms with Crippen molar-refractivity contribution in [2.24, 2.45) is 0 Å². The van der Waals surface area contributed by atoms with Crippen molar-refractivity contribution >= 4 is 27.5 Å². The zero-order valence-electron chi connectivity index (χ0n) is 12.1. The van der Waals surface area contributed by atoms with Crippen molar-refractivity contribution in [3.8, 4) is 0 Å². The van der Waals surface area contributed by atoms with E-state index in [2.05, 4.69) is 26.3 Å². The van der Waals surface area contributed by atoms with E-state index in [1.165, 1.54) is 4.68 Å². The minimum absolute atomic E-state index is 0.0641. The highest BCUT2D eigenvalue weighted by Crippen LogP contribution is 2.15. The van der Waals surface area contributed by atoms with Crippen LogP contribution in [0.1, 0.15) is 25.1 Å². The first kappa shape index (κ1) is 15.0. The Morgan fingerprint density at radius 3 is 3.00 bits per heavy atom. The maximum Gasteiger partial charge on any atom is 0.346 e. The lowest BCUT2D eigenvalue weighted by molar-refractivity contribution is -0.117. The van der Waals surface area contributed by atoms with Gasteiger partial charge in [0.2, 0.25) is 5.91 Å². The second-order valence-corrected chi connectivity index (χ2v) is 6.29. The van der Waals surface area contributed by atoms with Crippen molar-refractivity contribution in [2.45, 2.75) is 38.8 Å². The molecule has 1 aliphatic rings. The highest BCUT2D eigenvalue weighted by molar-refractivity contribution is 9.10. The molecular formula is C15H17BrN4O2. The molecule has 0 spiro atoms. The number of carbonyl (C=O) groups excluding carboxylic acids is 1. The van der Waals surface area contributed by atoms with Gasteiger partial charge in [-0.3, -0.25) is 9.36 Å². The Bertz CT molecular complexity index is 750. The fraction of sp³-hybridized carbons (Fsp3) is 0.400. The van der Waals surface area contributed by atoms with Crippen LogP contribution in [-0.4, -0.2) is 20.3 Å². The third-order valence-corrected chi connectivity index (χ3v) is 4.18. The van der Waals surface area contributed by atoms with Gasteiger partial charge in [-0.2, -0.15) is 5.10 Å². The molecule has 1 aromatic heterocycles. The summed E-state index contributed by atoms with van der Waals surface area (Å²) >= 11 is 3.35. The van der Waals surface area contributed by atoms with E-state index in [4.69, 9.17) is 0 Å². The molecule has 22 heavy (non-hydrogen) atoms. The van der Waals surface area contributed by atoms with E-state index in [1.54, 1.807) is 10.6 Å². The van der Waals surface area contributed by atoms with Crippen LogP contribution < -0.4 is 11.0 Å². The summed E-state index contributed by atoms with van der Waals surface area (Å²) in [7, 11) is 0. The minimum Gasteiger partial charge on any atom is -0.324 e. The fourth-order valence-corrected chi connectivity index (χ4v) is 3.03. The Balaban J connectivity index is 1.73. The van der Waals surface area contributed by atoms with Crippen LogP contribution in [0, 0.1) is 0 Å². The number of aryl methyl sites for hydroxylation is 1. The molecule has 0 unspecified atom stereocenters. The summed E-state index contributed by atoms with van der Waals surface area (Å²) in [6, 6.07) is 7.33. The van der Waals surface area contributed by atoms with E-state index in [-0.39, 0.29) is 18.1 Å². The van der Waals surface area contributed by atoms with Gasteiger partial charge in [0, 0.05) is 23.1 Å². The number of fused-ring (bicyclic) bond motifs is 1. The maximum atomic E-state index is 12.3. The smallest absolute Gasteiger partial charge is 0.324 e. The molecule has 0 saturated heterocycles. The van der Waals surface area contributed by atoms with Gasteiger partial charge in [0.15, 0.2) is 0 Å². The van der Waals surface area contributed by atoms with Crippen molar-refractivity contribution in [3.63, 3.8) is 0 Å². The molecule has 0 saturated carbocycles. The molecule has 0 fully saturated rings. The lowest BCUT2D eigenvalue weighted by Gasteiger charge is -2.05. The topological polar surface area (TPSA) is 68.9 Å². The number of anilines is 1. The predicted molar refractivity (Wildman–Crippen MR) is 86.8 cm³/mol. The molecule has 6 nitrogen and oxygen atoms in total. The lowest BCUT2D eigenvalue weighted by Crippen LogP contribution is -2.30. The Hall–Kier alpha value is -1.89. The Morgan fingerprint density at radius 2 is 2.18 bits per heavy atom. The molecule has 1 N–H and O–H groups in total. The van der Waals surface area contributed by atoms with Crippen molar-refractivity contribution in [1.29, 1.82) is 0 Å². The summed E-state index contributed by atoms with van der Waals surface area (Å²) in [6.45, 7) is 0.632. The van der Waals surface area contributed by atoms with Gasteiger partial charge in [0.25, 0.3) is 0 Å². The standard InChI is InChI=1S/C15H17BrN4O2/c16-11-5-4-6-12(9-11)17-14(21)10-20-15(22)19-8-3-1-2-7-13(19)18-20/h4-6,9H,1-3,7-8,10H2,(H,17,21). The van der Waals surface area contributed by atoms with Gasteiger partial charge in [-0.05, 0) is 31.0 Å². The largest absolute Gasteiger partial charge is 0.346 e. The van der Waals surface area contributed by atoms with Crippen molar-refractivity contribution in [2.75, 3.05) is 5.32 Å². The number of aromatic nitrogens is 3. The third-order valence-electron chi connectivity index (χ3n) is 3.68. The van der Waals surface area contributed by atoms with Gasteiger partial charge in [-0.25, -0.2) is 9.48 Å². The molecule has 1 amide bonds. The van der Waals surface area contributed by atoms with Crippen LogP contribution >= 0.6 is 15.9 Å². The molecule has 2 aromatic rings.